The Morgan fingerprint density at radius 1 is 1.25 bits per heavy atom. The number of nitrogens with one attached hydrogen (secondary N) is 1. The number of methoxy groups -OCH3 is 1. The van der Waals surface area contributed by atoms with Gasteiger partial charge < -0.3 is 10.1 Å². The van der Waals surface area contributed by atoms with E-state index >= 15 is 0 Å². The van der Waals surface area contributed by atoms with Gasteiger partial charge in [-0.05, 0) is 31.0 Å². The topological polar surface area (TPSA) is 21.3 Å². The highest BCUT2D eigenvalue weighted by Gasteiger charge is 2.03. The molecule has 16 heavy (non-hydrogen) atoms. The highest BCUT2D eigenvalue weighted by molar-refractivity contribution is 6.42. The van der Waals surface area contributed by atoms with Gasteiger partial charge in [-0.1, -0.05) is 35.3 Å². The van der Waals surface area contributed by atoms with Gasteiger partial charge in [-0.3, -0.25) is 0 Å². The number of hydrogen-bond donors (Lipinski definition) is 1. The average molecular weight is 262 g/mol. The SMILES string of the molecule is COCCNCCCc1cccc(Cl)c1Cl. The third-order valence-electron chi connectivity index (χ3n) is 2.31. The normalized spacial score (nSPS) is 10.7. The maximum Gasteiger partial charge on any atom is 0.0624 e. The monoisotopic (exact) mass is 261 g/mol. The van der Waals surface area contributed by atoms with Crippen molar-refractivity contribution >= 4 is 23.2 Å². The number of hydrogen-bond acceptors (Lipinski definition) is 2. The van der Waals surface area contributed by atoms with Crippen LogP contribution in [0.15, 0.2) is 18.2 Å². The van der Waals surface area contributed by atoms with E-state index in [0.717, 1.165) is 38.1 Å². The van der Waals surface area contributed by atoms with Crippen molar-refractivity contribution in [1.29, 1.82) is 0 Å². The van der Waals surface area contributed by atoms with E-state index in [4.69, 9.17) is 27.9 Å². The van der Waals surface area contributed by atoms with E-state index in [1.165, 1.54) is 0 Å². The Labute approximate surface area is 107 Å². The van der Waals surface area contributed by atoms with Crippen molar-refractivity contribution in [3.8, 4) is 0 Å². The summed E-state index contributed by atoms with van der Waals surface area (Å²) in [5, 5.41) is 4.60. The Balaban J connectivity index is 2.24. The smallest absolute Gasteiger partial charge is 0.0624 e. The number of rotatable bonds is 7. The van der Waals surface area contributed by atoms with Crippen molar-refractivity contribution in [2.75, 3.05) is 26.8 Å². The van der Waals surface area contributed by atoms with Gasteiger partial charge >= 0.3 is 0 Å². The van der Waals surface area contributed by atoms with Crippen molar-refractivity contribution in [2.24, 2.45) is 0 Å². The average Bonchev–Trinajstić information content (AvgIpc) is 2.29. The number of benzene rings is 1. The van der Waals surface area contributed by atoms with Crippen molar-refractivity contribution in [1.82, 2.24) is 5.32 Å². The minimum Gasteiger partial charge on any atom is -0.383 e. The predicted molar refractivity (Wildman–Crippen MR) is 69.5 cm³/mol. The van der Waals surface area contributed by atoms with Gasteiger partial charge in [0.2, 0.25) is 0 Å². The molecule has 0 spiro atoms. The quantitative estimate of drug-likeness (QED) is 0.762. The summed E-state index contributed by atoms with van der Waals surface area (Å²) >= 11 is 12.0. The van der Waals surface area contributed by atoms with Crippen LogP contribution in [0.4, 0.5) is 0 Å². The molecule has 0 atom stereocenters. The number of halogens is 2. The van der Waals surface area contributed by atoms with Gasteiger partial charge in [0.15, 0.2) is 0 Å². The molecule has 0 heterocycles. The molecule has 0 aliphatic heterocycles. The van der Waals surface area contributed by atoms with E-state index in [-0.39, 0.29) is 0 Å². The second-order valence-electron chi connectivity index (χ2n) is 3.56. The molecule has 0 unspecified atom stereocenters. The Morgan fingerprint density at radius 2 is 2.06 bits per heavy atom. The van der Waals surface area contributed by atoms with Crippen molar-refractivity contribution in [3.05, 3.63) is 33.8 Å². The summed E-state index contributed by atoms with van der Waals surface area (Å²) in [5.74, 6) is 0. The Morgan fingerprint density at radius 3 is 2.81 bits per heavy atom. The summed E-state index contributed by atoms with van der Waals surface area (Å²) in [6.45, 7) is 2.60. The summed E-state index contributed by atoms with van der Waals surface area (Å²) in [7, 11) is 1.70. The van der Waals surface area contributed by atoms with Crippen LogP contribution in [0.5, 0.6) is 0 Å². The third-order valence-corrected chi connectivity index (χ3v) is 3.17. The molecule has 90 valence electrons. The van der Waals surface area contributed by atoms with Gasteiger partial charge in [0.05, 0.1) is 16.7 Å². The molecule has 1 N–H and O–H groups in total. The zero-order valence-electron chi connectivity index (χ0n) is 9.43. The van der Waals surface area contributed by atoms with Crippen LogP contribution in [-0.2, 0) is 11.2 Å². The van der Waals surface area contributed by atoms with Crippen LogP contribution in [0.2, 0.25) is 10.0 Å². The van der Waals surface area contributed by atoms with Crippen LogP contribution in [0, 0.1) is 0 Å². The first kappa shape index (κ1) is 13.8. The zero-order chi connectivity index (χ0) is 11.8. The van der Waals surface area contributed by atoms with E-state index in [9.17, 15) is 0 Å². The summed E-state index contributed by atoms with van der Waals surface area (Å²) in [4.78, 5) is 0. The molecular formula is C12H17Cl2NO. The molecule has 2 nitrogen and oxygen atoms in total. The fraction of sp³-hybridized carbons (Fsp3) is 0.500. The van der Waals surface area contributed by atoms with E-state index in [1.807, 2.05) is 18.2 Å². The standard InChI is InChI=1S/C12H17Cl2NO/c1-16-9-8-15-7-3-5-10-4-2-6-11(13)12(10)14/h2,4,6,15H,3,5,7-9H2,1H3. The Kier molecular flexibility index (Phi) is 6.81. The highest BCUT2D eigenvalue weighted by Crippen LogP contribution is 2.26. The second kappa shape index (κ2) is 7.91. The maximum absolute atomic E-state index is 6.08. The van der Waals surface area contributed by atoms with Crippen LogP contribution in [-0.4, -0.2) is 26.8 Å². The highest BCUT2D eigenvalue weighted by atomic mass is 35.5. The molecule has 0 aromatic heterocycles. The molecule has 0 saturated heterocycles. The third kappa shape index (κ3) is 4.71. The minimum absolute atomic E-state index is 0.631. The summed E-state index contributed by atoms with van der Waals surface area (Å²) in [5.41, 5.74) is 1.11. The van der Waals surface area contributed by atoms with E-state index in [0.29, 0.717) is 10.0 Å². The lowest BCUT2D eigenvalue weighted by Gasteiger charge is -2.06. The first-order chi connectivity index (χ1) is 7.75. The molecule has 0 aliphatic rings. The first-order valence-electron chi connectivity index (χ1n) is 5.38. The lowest BCUT2D eigenvalue weighted by molar-refractivity contribution is 0.199. The maximum atomic E-state index is 6.08. The number of ether oxygens (including phenoxy) is 1. The molecule has 1 aromatic rings. The molecule has 0 fully saturated rings. The largest absolute Gasteiger partial charge is 0.383 e. The summed E-state index contributed by atoms with van der Waals surface area (Å²) < 4.78 is 4.94. The van der Waals surface area contributed by atoms with Gasteiger partial charge in [0.1, 0.15) is 0 Å². The molecule has 0 saturated carbocycles. The van der Waals surface area contributed by atoms with Crippen molar-refractivity contribution in [3.63, 3.8) is 0 Å². The second-order valence-corrected chi connectivity index (χ2v) is 4.34. The molecule has 1 rings (SSSR count). The summed E-state index contributed by atoms with van der Waals surface area (Å²) in [6.07, 6.45) is 1.99. The Bertz CT molecular complexity index is 318. The van der Waals surface area contributed by atoms with Gasteiger partial charge in [-0.25, -0.2) is 0 Å². The van der Waals surface area contributed by atoms with Crippen LogP contribution in [0.25, 0.3) is 0 Å². The Hall–Kier alpha value is -0.280. The zero-order valence-corrected chi connectivity index (χ0v) is 10.9. The predicted octanol–water partition coefficient (Wildman–Crippen LogP) is 3.16. The molecule has 4 heteroatoms. The van der Waals surface area contributed by atoms with Crippen molar-refractivity contribution < 1.29 is 4.74 Å². The van der Waals surface area contributed by atoms with E-state index in [2.05, 4.69) is 5.32 Å². The number of aryl methyl sites for hydroxylation is 1. The van der Waals surface area contributed by atoms with Crippen molar-refractivity contribution in [2.45, 2.75) is 12.8 Å². The first-order valence-corrected chi connectivity index (χ1v) is 6.14. The van der Waals surface area contributed by atoms with Crippen LogP contribution in [0.1, 0.15) is 12.0 Å². The van der Waals surface area contributed by atoms with E-state index < -0.39 is 0 Å². The molecular weight excluding hydrogens is 245 g/mol. The molecule has 0 radical (unpaired) electrons. The lowest BCUT2D eigenvalue weighted by Crippen LogP contribution is -2.20. The summed E-state index contributed by atoms with van der Waals surface area (Å²) in [6, 6.07) is 5.76. The van der Waals surface area contributed by atoms with Gasteiger partial charge in [-0.2, -0.15) is 0 Å². The lowest BCUT2D eigenvalue weighted by atomic mass is 10.1. The molecule has 1 aromatic carbocycles. The molecule has 0 amide bonds. The van der Waals surface area contributed by atoms with Gasteiger partial charge in [-0.15, -0.1) is 0 Å². The van der Waals surface area contributed by atoms with Gasteiger partial charge in [0, 0.05) is 13.7 Å². The molecule has 0 aliphatic carbocycles. The van der Waals surface area contributed by atoms with Gasteiger partial charge in [0.25, 0.3) is 0 Å². The minimum atomic E-state index is 0.631. The fourth-order valence-corrected chi connectivity index (χ4v) is 1.86. The van der Waals surface area contributed by atoms with Crippen LogP contribution in [0.3, 0.4) is 0 Å². The molecule has 0 bridgehead atoms. The van der Waals surface area contributed by atoms with Crippen LogP contribution < -0.4 is 5.32 Å². The van der Waals surface area contributed by atoms with E-state index in [1.54, 1.807) is 7.11 Å². The van der Waals surface area contributed by atoms with Crippen LogP contribution >= 0.6 is 23.2 Å². The fourth-order valence-electron chi connectivity index (χ4n) is 1.44.